The van der Waals surface area contributed by atoms with Gasteiger partial charge >= 0.3 is 5.97 Å². The van der Waals surface area contributed by atoms with Crippen molar-refractivity contribution in [3.63, 3.8) is 0 Å². The maximum absolute atomic E-state index is 11.4. The first kappa shape index (κ1) is 36.2. The Hall–Kier alpha value is -4.63. The average Bonchev–Trinajstić information content (AvgIpc) is 3.44. The SMILES string of the molecule is CCCCCCCCC1(CCCCCCCC)c2ccccc2-c2ccc(N(c3ccccc3)c3ccc(-c4ccc(C(=O)O)cc4)cc3)cc21. The Labute approximate surface area is 306 Å². The number of carboxylic acid groups (broad SMARTS) is 1. The van der Waals surface area contributed by atoms with Crippen molar-refractivity contribution in [1.29, 1.82) is 0 Å². The first-order valence-electron chi connectivity index (χ1n) is 19.6. The maximum atomic E-state index is 11.4. The Morgan fingerprint density at radius 1 is 0.510 bits per heavy atom. The second-order valence-corrected chi connectivity index (χ2v) is 14.5. The number of carboxylic acids is 1. The highest BCUT2D eigenvalue weighted by atomic mass is 16.4. The molecule has 6 rings (SSSR count). The van der Waals surface area contributed by atoms with Gasteiger partial charge in [-0.1, -0.05) is 164 Å². The number of benzene rings is 5. The Morgan fingerprint density at radius 3 is 1.61 bits per heavy atom. The summed E-state index contributed by atoms with van der Waals surface area (Å²) in [6, 6.07) is 43.0. The molecule has 0 bridgehead atoms. The molecule has 0 spiro atoms. The summed E-state index contributed by atoms with van der Waals surface area (Å²) in [4.78, 5) is 13.8. The minimum Gasteiger partial charge on any atom is -0.478 e. The first-order chi connectivity index (χ1) is 25.1. The normalized spacial score (nSPS) is 12.7. The lowest BCUT2D eigenvalue weighted by atomic mass is 9.70. The molecule has 0 saturated carbocycles. The zero-order valence-corrected chi connectivity index (χ0v) is 30.7. The second kappa shape index (κ2) is 17.5. The van der Waals surface area contributed by atoms with Gasteiger partial charge < -0.3 is 10.0 Å². The summed E-state index contributed by atoms with van der Waals surface area (Å²) in [5.74, 6) is -0.907. The Bertz CT molecular complexity index is 1830. The van der Waals surface area contributed by atoms with E-state index in [1.54, 1.807) is 12.1 Å². The van der Waals surface area contributed by atoms with Crippen LogP contribution in [-0.2, 0) is 5.41 Å². The van der Waals surface area contributed by atoms with E-state index >= 15 is 0 Å². The van der Waals surface area contributed by atoms with Crippen LogP contribution in [0, 0.1) is 0 Å². The van der Waals surface area contributed by atoms with Gasteiger partial charge in [0, 0.05) is 22.5 Å². The Balaban J connectivity index is 1.38. The van der Waals surface area contributed by atoms with E-state index in [1.165, 1.54) is 118 Å². The summed E-state index contributed by atoms with van der Waals surface area (Å²) in [5, 5.41) is 9.36. The third kappa shape index (κ3) is 8.30. The number of fused-ring (bicyclic) bond motifs is 3. The van der Waals surface area contributed by atoms with Gasteiger partial charge in [-0.05, 0) is 94.8 Å². The largest absolute Gasteiger partial charge is 0.478 e. The molecule has 0 atom stereocenters. The standard InChI is InChI=1S/C48H55NO2/c1-3-5-7-9-11-18-34-48(35-19-12-10-8-6-4-2)45-23-17-16-22-43(45)44-33-32-42(36-46(44)48)49(40-20-14-13-15-21-40)41-30-28-38(29-31-41)37-24-26-39(27-25-37)47(50)51/h13-17,20-33,36H,3-12,18-19,34-35H2,1-2H3,(H,50,51). The number of hydrogen-bond donors (Lipinski definition) is 1. The van der Waals surface area contributed by atoms with Crippen LogP contribution in [0.4, 0.5) is 17.1 Å². The third-order valence-corrected chi connectivity index (χ3v) is 11.0. The number of para-hydroxylation sites is 1. The first-order valence-corrected chi connectivity index (χ1v) is 19.6. The molecule has 0 amide bonds. The lowest BCUT2D eigenvalue weighted by molar-refractivity contribution is 0.0697. The van der Waals surface area contributed by atoms with Crippen LogP contribution >= 0.6 is 0 Å². The highest BCUT2D eigenvalue weighted by Crippen LogP contribution is 2.55. The summed E-state index contributed by atoms with van der Waals surface area (Å²) in [6.07, 6.45) is 18.1. The molecule has 1 aliphatic carbocycles. The van der Waals surface area contributed by atoms with Gasteiger partial charge in [0.15, 0.2) is 0 Å². The summed E-state index contributed by atoms with van der Waals surface area (Å²) in [5.41, 5.74) is 11.6. The van der Waals surface area contributed by atoms with Crippen LogP contribution < -0.4 is 4.90 Å². The van der Waals surface area contributed by atoms with Crippen LogP contribution in [-0.4, -0.2) is 11.1 Å². The monoisotopic (exact) mass is 677 g/mol. The van der Waals surface area contributed by atoms with Gasteiger partial charge in [0.05, 0.1) is 5.56 Å². The van der Waals surface area contributed by atoms with Crippen LogP contribution in [0.5, 0.6) is 0 Å². The lowest BCUT2D eigenvalue weighted by Crippen LogP contribution is -2.26. The summed E-state index contributed by atoms with van der Waals surface area (Å²) < 4.78 is 0. The fourth-order valence-corrected chi connectivity index (χ4v) is 8.29. The molecule has 0 unspecified atom stereocenters. The zero-order chi connectivity index (χ0) is 35.5. The van der Waals surface area contributed by atoms with E-state index in [4.69, 9.17) is 0 Å². The Morgan fingerprint density at radius 2 is 1.00 bits per heavy atom. The van der Waals surface area contributed by atoms with Crippen LogP contribution in [0.25, 0.3) is 22.3 Å². The van der Waals surface area contributed by atoms with Crippen molar-refractivity contribution < 1.29 is 9.90 Å². The Kier molecular flexibility index (Phi) is 12.4. The lowest BCUT2D eigenvalue weighted by Gasteiger charge is -2.34. The number of hydrogen-bond acceptors (Lipinski definition) is 2. The molecule has 5 aromatic carbocycles. The van der Waals surface area contributed by atoms with Crippen molar-refractivity contribution in [2.24, 2.45) is 0 Å². The predicted molar refractivity (Wildman–Crippen MR) is 216 cm³/mol. The van der Waals surface area contributed by atoms with Crippen LogP contribution in [0.2, 0.25) is 0 Å². The van der Waals surface area contributed by atoms with Crippen LogP contribution in [0.3, 0.4) is 0 Å². The van der Waals surface area contributed by atoms with Gasteiger partial charge in [0.2, 0.25) is 0 Å². The van der Waals surface area contributed by atoms with E-state index in [0.717, 1.165) is 22.5 Å². The molecule has 3 heteroatoms. The average molecular weight is 678 g/mol. The van der Waals surface area contributed by atoms with Gasteiger partial charge in [0.1, 0.15) is 0 Å². The molecule has 264 valence electrons. The number of anilines is 3. The smallest absolute Gasteiger partial charge is 0.335 e. The number of aromatic carboxylic acids is 1. The minimum absolute atomic E-state index is 0.0196. The highest BCUT2D eigenvalue weighted by Gasteiger charge is 2.42. The van der Waals surface area contributed by atoms with E-state index < -0.39 is 5.97 Å². The molecule has 0 heterocycles. The molecule has 3 nitrogen and oxygen atoms in total. The molecule has 5 aromatic rings. The third-order valence-electron chi connectivity index (χ3n) is 11.0. The molecule has 0 aromatic heterocycles. The zero-order valence-electron chi connectivity index (χ0n) is 30.7. The molecule has 0 fully saturated rings. The van der Waals surface area contributed by atoms with Crippen molar-refractivity contribution >= 4 is 23.0 Å². The number of rotatable bonds is 19. The van der Waals surface area contributed by atoms with Crippen molar-refractivity contribution in [3.8, 4) is 22.3 Å². The summed E-state index contributed by atoms with van der Waals surface area (Å²) in [6.45, 7) is 4.60. The van der Waals surface area contributed by atoms with E-state index in [-0.39, 0.29) is 5.41 Å². The fourth-order valence-electron chi connectivity index (χ4n) is 8.29. The topological polar surface area (TPSA) is 40.5 Å². The van der Waals surface area contributed by atoms with E-state index in [0.29, 0.717) is 5.56 Å². The maximum Gasteiger partial charge on any atom is 0.335 e. The van der Waals surface area contributed by atoms with Gasteiger partial charge in [0.25, 0.3) is 0 Å². The van der Waals surface area contributed by atoms with E-state index in [1.807, 2.05) is 12.1 Å². The number of carbonyl (C=O) groups is 1. The molecule has 51 heavy (non-hydrogen) atoms. The van der Waals surface area contributed by atoms with Gasteiger partial charge in [-0.15, -0.1) is 0 Å². The molecule has 0 radical (unpaired) electrons. The minimum atomic E-state index is -0.907. The second-order valence-electron chi connectivity index (χ2n) is 14.5. The van der Waals surface area contributed by atoms with E-state index in [9.17, 15) is 9.90 Å². The molecule has 1 N–H and O–H groups in total. The molecular formula is C48H55NO2. The molecular weight excluding hydrogens is 623 g/mol. The van der Waals surface area contributed by atoms with Crippen LogP contribution in [0.15, 0.2) is 121 Å². The predicted octanol–water partition coefficient (Wildman–Crippen LogP) is 14.3. The van der Waals surface area contributed by atoms with Crippen molar-refractivity contribution in [2.45, 2.75) is 109 Å². The fraction of sp³-hybridized carbons (Fsp3) is 0.354. The molecule has 0 saturated heterocycles. The molecule has 0 aliphatic heterocycles. The van der Waals surface area contributed by atoms with Crippen molar-refractivity contribution in [1.82, 2.24) is 0 Å². The van der Waals surface area contributed by atoms with Crippen molar-refractivity contribution in [2.75, 3.05) is 4.90 Å². The summed E-state index contributed by atoms with van der Waals surface area (Å²) in [7, 11) is 0. The quantitative estimate of drug-likeness (QED) is 0.0884. The van der Waals surface area contributed by atoms with Gasteiger partial charge in [-0.3, -0.25) is 0 Å². The number of nitrogens with zero attached hydrogens (tertiary/aromatic N) is 1. The van der Waals surface area contributed by atoms with Crippen LogP contribution in [0.1, 0.15) is 125 Å². The van der Waals surface area contributed by atoms with E-state index in [2.05, 4.69) is 116 Å². The van der Waals surface area contributed by atoms with Gasteiger partial charge in [-0.25, -0.2) is 4.79 Å². The molecule has 1 aliphatic rings. The number of unbranched alkanes of at least 4 members (excludes halogenated alkanes) is 10. The summed E-state index contributed by atoms with van der Waals surface area (Å²) >= 11 is 0. The van der Waals surface area contributed by atoms with Crippen molar-refractivity contribution in [3.05, 3.63) is 138 Å². The highest BCUT2D eigenvalue weighted by molar-refractivity contribution is 5.89. The van der Waals surface area contributed by atoms with Gasteiger partial charge in [-0.2, -0.15) is 0 Å².